The Labute approximate surface area is 105 Å². The zero-order valence-electron chi connectivity index (χ0n) is 10.3. The van der Waals surface area contributed by atoms with Gasteiger partial charge in [-0.3, -0.25) is 4.79 Å². The first-order valence-electron chi connectivity index (χ1n) is 6.78. The second-order valence-corrected chi connectivity index (χ2v) is 5.78. The molecule has 5 nitrogen and oxygen atoms in total. The van der Waals surface area contributed by atoms with Gasteiger partial charge in [0, 0.05) is 38.2 Å². The highest BCUT2D eigenvalue weighted by molar-refractivity contribution is 5.92. The predicted molar refractivity (Wildman–Crippen MR) is 64.2 cm³/mol. The number of amides is 1. The van der Waals surface area contributed by atoms with Gasteiger partial charge in [0.25, 0.3) is 5.91 Å². The molecule has 3 heterocycles. The molecule has 0 unspecified atom stereocenters. The van der Waals surface area contributed by atoms with Crippen LogP contribution in [0.1, 0.15) is 35.0 Å². The van der Waals surface area contributed by atoms with Gasteiger partial charge in [0.15, 0.2) is 5.69 Å². The Hall–Kier alpha value is -1.36. The van der Waals surface area contributed by atoms with Crippen LogP contribution in [0.4, 0.5) is 0 Å². The fourth-order valence-corrected chi connectivity index (χ4v) is 3.13. The molecule has 3 aliphatic rings. The lowest BCUT2D eigenvalue weighted by molar-refractivity contribution is 0.0771. The zero-order chi connectivity index (χ0) is 12.1. The lowest BCUT2D eigenvalue weighted by atomic mass is 10.0. The Morgan fingerprint density at radius 1 is 1.33 bits per heavy atom. The van der Waals surface area contributed by atoms with E-state index in [2.05, 4.69) is 10.5 Å². The van der Waals surface area contributed by atoms with Gasteiger partial charge in [-0.15, -0.1) is 0 Å². The van der Waals surface area contributed by atoms with Crippen LogP contribution in [0.3, 0.4) is 0 Å². The smallest absolute Gasteiger partial charge is 0.276 e. The minimum Gasteiger partial charge on any atom is -0.360 e. The summed E-state index contributed by atoms with van der Waals surface area (Å²) in [7, 11) is 0. The maximum atomic E-state index is 12.3. The van der Waals surface area contributed by atoms with Crippen molar-refractivity contribution in [3.05, 3.63) is 17.5 Å². The molecule has 1 aromatic rings. The summed E-state index contributed by atoms with van der Waals surface area (Å²) < 4.78 is 5.25. The van der Waals surface area contributed by atoms with Crippen LogP contribution in [-0.4, -0.2) is 42.1 Å². The summed E-state index contributed by atoms with van der Waals surface area (Å²) in [6, 6.07) is 1.84. The fourth-order valence-electron chi connectivity index (χ4n) is 3.13. The molecule has 96 valence electrons. The van der Waals surface area contributed by atoms with Gasteiger partial charge in [0.1, 0.15) is 5.76 Å². The van der Waals surface area contributed by atoms with Crippen molar-refractivity contribution in [2.24, 2.45) is 11.8 Å². The van der Waals surface area contributed by atoms with Crippen LogP contribution in [0.15, 0.2) is 10.6 Å². The summed E-state index contributed by atoms with van der Waals surface area (Å²) in [6.45, 7) is 3.81. The molecule has 1 amide bonds. The first-order chi connectivity index (χ1) is 8.81. The molecule has 2 saturated heterocycles. The molecule has 4 rings (SSSR count). The Kier molecular flexibility index (Phi) is 2.24. The van der Waals surface area contributed by atoms with Gasteiger partial charge in [-0.05, 0) is 24.7 Å². The summed E-state index contributed by atoms with van der Waals surface area (Å²) in [6.07, 6.45) is 2.34. The molecule has 0 radical (unpaired) electrons. The van der Waals surface area contributed by atoms with E-state index in [0.29, 0.717) is 23.4 Å². The highest BCUT2D eigenvalue weighted by Gasteiger charge is 2.39. The van der Waals surface area contributed by atoms with Crippen molar-refractivity contribution in [3.8, 4) is 0 Å². The summed E-state index contributed by atoms with van der Waals surface area (Å²) in [5, 5.41) is 7.31. The highest BCUT2D eigenvalue weighted by Crippen LogP contribution is 2.40. The average Bonchev–Trinajstić information content (AvgIpc) is 2.80. The van der Waals surface area contributed by atoms with Crippen molar-refractivity contribution in [1.29, 1.82) is 0 Å². The van der Waals surface area contributed by atoms with Crippen molar-refractivity contribution in [1.82, 2.24) is 15.4 Å². The van der Waals surface area contributed by atoms with Gasteiger partial charge in [-0.25, -0.2) is 0 Å². The molecule has 2 atom stereocenters. The van der Waals surface area contributed by atoms with E-state index in [1.54, 1.807) is 0 Å². The summed E-state index contributed by atoms with van der Waals surface area (Å²) in [5.74, 6) is 2.70. The monoisotopic (exact) mass is 247 g/mol. The number of nitrogens with zero attached hydrogens (tertiary/aromatic N) is 2. The lowest BCUT2D eigenvalue weighted by Crippen LogP contribution is -2.32. The maximum Gasteiger partial charge on any atom is 0.276 e. The molecular formula is C13H17N3O2. The maximum absolute atomic E-state index is 12.3. The normalized spacial score (nSPS) is 30.8. The van der Waals surface area contributed by atoms with Crippen LogP contribution in [0.2, 0.25) is 0 Å². The molecule has 5 heteroatoms. The van der Waals surface area contributed by atoms with Gasteiger partial charge in [0.05, 0.1) is 0 Å². The topological polar surface area (TPSA) is 58.4 Å². The summed E-state index contributed by atoms with van der Waals surface area (Å²) >= 11 is 0. The van der Waals surface area contributed by atoms with Gasteiger partial charge in [-0.2, -0.15) is 0 Å². The number of hydrogen-bond donors (Lipinski definition) is 1. The van der Waals surface area contributed by atoms with E-state index >= 15 is 0 Å². The van der Waals surface area contributed by atoms with Crippen LogP contribution in [0.25, 0.3) is 0 Å². The molecule has 0 bridgehead atoms. The van der Waals surface area contributed by atoms with Crippen molar-refractivity contribution >= 4 is 5.91 Å². The Balaban J connectivity index is 1.48. The van der Waals surface area contributed by atoms with Gasteiger partial charge < -0.3 is 14.7 Å². The van der Waals surface area contributed by atoms with Gasteiger partial charge >= 0.3 is 0 Å². The van der Waals surface area contributed by atoms with E-state index in [-0.39, 0.29) is 5.91 Å². The molecule has 0 spiro atoms. The second kappa shape index (κ2) is 3.82. The number of hydrogen-bond acceptors (Lipinski definition) is 4. The first-order valence-corrected chi connectivity index (χ1v) is 6.78. The largest absolute Gasteiger partial charge is 0.360 e. The third kappa shape index (κ3) is 1.65. The number of carbonyl (C=O) groups is 1. The van der Waals surface area contributed by atoms with E-state index in [0.717, 1.165) is 31.9 Å². The molecule has 1 aromatic heterocycles. The van der Waals surface area contributed by atoms with Crippen molar-refractivity contribution < 1.29 is 9.32 Å². The van der Waals surface area contributed by atoms with Crippen LogP contribution in [0, 0.1) is 11.8 Å². The standard InChI is InChI=1S/C13H17N3O2/c17-13(11-3-12(18-15-11)8-1-2-8)16-6-9-4-14-5-10(9)7-16/h3,8-10,14H,1-2,4-7H2/t9-,10+. The molecule has 0 aromatic carbocycles. The minimum atomic E-state index is 0.0417. The van der Waals surface area contributed by atoms with E-state index in [1.165, 1.54) is 12.8 Å². The number of likely N-dealkylation sites (tertiary alicyclic amines) is 1. The predicted octanol–water partition coefficient (Wildman–Crippen LogP) is 0.843. The van der Waals surface area contributed by atoms with Crippen LogP contribution in [-0.2, 0) is 0 Å². The number of carbonyl (C=O) groups excluding carboxylic acids is 1. The molecule has 3 fully saturated rings. The summed E-state index contributed by atoms with van der Waals surface area (Å²) in [5.41, 5.74) is 0.491. The Bertz CT molecular complexity index is 468. The average molecular weight is 247 g/mol. The van der Waals surface area contributed by atoms with Crippen molar-refractivity contribution in [3.63, 3.8) is 0 Å². The molecule has 1 saturated carbocycles. The number of rotatable bonds is 2. The van der Waals surface area contributed by atoms with Gasteiger partial charge in [-0.1, -0.05) is 5.16 Å². The SMILES string of the molecule is O=C(c1cc(C2CC2)on1)N1C[C@H]2CNC[C@H]2C1. The quantitative estimate of drug-likeness (QED) is 0.841. The molecule has 1 aliphatic carbocycles. The number of aromatic nitrogens is 1. The third-order valence-electron chi connectivity index (χ3n) is 4.40. The molecule has 2 aliphatic heterocycles. The molecule has 1 N–H and O–H groups in total. The van der Waals surface area contributed by atoms with E-state index < -0.39 is 0 Å². The second-order valence-electron chi connectivity index (χ2n) is 5.78. The first kappa shape index (κ1) is 10.6. The lowest BCUT2D eigenvalue weighted by Gasteiger charge is -2.15. The Morgan fingerprint density at radius 2 is 2.06 bits per heavy atom. The fraction of sp³-hybridized carbons (Fsp3) is 0.692. The van der Waals surface area contributed by atoms with E-state index in [9.17, 15) is 4.79 Å². The van der Waals surface area contributed by atoms with E-state index in [1.807, 2.05) is 11.0 Å². The van der Waals surface area contributed by atoms with Gasteiger partial charge in [0.2, 0.25) is 0 Å². The third-order valence-corrected chi connectivity index (χ3v) is 4.40. The van der Waals surface area contributed by atoms with Crippen LogP contribution >= 0.6 is 0 Å². The van der Waals surface area contributed by atoms with Crippen molar-refractivity contribution in [2.75, 3.05) is 26.2 Å². The van der Waals surface area contributed by atoms with Crippen molar-refractivity contribution in [2.45, 2.75) is 18.8 Å². The van der Waals surface area contributed by atoms with Crippen LogP contribution in [0.5, 0.6) is 0 Å². The number of nitrogens with one attached hydrogen (secondary N) is 1. The molecular weight excluding hydrogens is 230 g/mol. The zero-order valence-corrected chi connectivity index (χ0v) is 10.3. The molecule has 18 heavy (non-hydrogen) atoms. The van der Waals surface area contributed by atoms with E-state index in [4.69, 9.17) is 4.52 Å². The minimum absolute atomic E-state index is 0.0417. The van der Waals surface area contributed by atoms with Crippen LogP contribution < -0.4 is 5.32 Å². The number of fused-ring (bicyclic) bond motifs is 1. The Morgan fingerprint density at radius 3 is 2.72 bits per heavy atom. The highest BCUT2D eigenvalue weighted by atomic mass is 16.5. The summed E-state index contributed by atoms with van der Waals surface area (Å²) in [4.78, 5) is 14.3.